The number of benzene rings is 1. The maximum absolute atomic E-state index is 13.5. The van der Waals surface area contributed by atoms with E-state index in [0.717, 1.165) is 18.5 Å². The first-order valence-electron chi connectivity index (χ1n) is 9.63. The van der Waals surface area contributed by atoms with Gasteiger partial charge in [0.15, 0.2) is 0 Å². The highest BCUT2D eigenvalue weighted by atomic mass is 16.5. The van der Waals surface area contributed by atoms with E-state index < -0.39 is 11.9 Å². The first-order valence-corrected chi connectivity index (χ1v) is 9.63. The molecular weight excluding hydrogens is 372 g/mol. The van der Waals surface area contributed by atoms with Crippen molar-refractivity contribution < 1.29 is 19.0 Å². The van der Waals surface area contributed by atoms with Gasteiger partial charge in [-0.05, 0) is 31.0 Å². The summed E-state index contributed by atoms with van der Waals surface area (Å²) in [6.07, 6.45) is 1.62. The molecule has 7 nitrogen and oxygen atoms in total. The fourth-order valence-corrected chi connectivity index (χ4v) is 3.79. The van der Waals surface area contributed by atoms with Crippen LogP contribution in [0.3, 0.4) is 0 Å². The molecule has 1 aliphatic rings. The molecule has 2 heterocycles. The van der Waals surface area contributed by atoms with Crippen molar-refractivity contribution in [1.29, 1.82) is 0 Å². The van der Waals surface area contributed by atoms with Crippen LogP contribution < -0.4 is 20.8 Å². The Bertz CT molecular complexity index is 1020. The molecule has 0 bridgehead atoms. The number of aryl methyl sites for hydroxylation is 1. The number of methoxy groups -OCH3 is 2. The number of pyridine rings is 1. The largest absolute Gasteiger partial charge is 0.497 e. The van der Waals surface area contributed by atoms with Crippen molar-refractivity contribution in [3.63, 3.8) is 0 Å². The lowest BCUT2D eigenvalue weighted by Gasteiger charge is -2.29. The molecule has 3 rings (SSSR count). The third-order valence-corrected chi connectivity index (χ3v) is 5.10. The van der Waals surface area contributed by atoms with Gasteiger partial charge in [0.25, 0.3) is 5.56 Å². The molecule has 29 heavy (non-hydrogen) atoms. The van der Waals surface area contributed by atoms with Crippen LogP contribution in [0.1, 0.15) is 43.0 Å². The van der Waals surface area contributed by atoms with E-state index in [0.29, 0.717) is 29.2 Å². The lowest BCUT2D eigenvalue weighted by Crippen LogP contribution is -2.35. The molecule has 0 saturated carbocycles. The molecule has 0 aliphatic carbocycles. The summed E-state index contributed by atoms with van der Waals surface area (Å²) < 4.78 is 17.7. The third-order valence-electron chi connectivity index (χ3n) is 5.10. The van der Waals surface area contributed by atoms with Gasteiger partial charge < -0.3 is 24.5 Å². The minimum Gasteiger partial charge on any atom is -0.497 e. The third kappa shape index (κ3) is 3.60. The maximum atomic E-state index is 13.5. The lowest BCUT2D eigenvalue weighted by molar-refractivity contribution is -0.136. The molecule has 0 amide bonds. The highest BCUT2D eigenvalue weighted by Gasteiger charge is 2.38. The second-order valence-electron chi connectivity index (χ2n) is 6.79. The average Bonchev–Trinajstić information content (AvgIpc) is 2.72. The number of ether oxygens (including phenoxy) is 3. The fraction of sp³-hybridized carbons (Fsp3) is 0.364. The van der Waals surface area contributed by atoms with E-state index in [9.17, 15) is 9.59 Å². The molecule has 2 aromatic rings. The Hall–Kier alpha value is -3.22. The zero-order valence-corrected chi connectivity index (χ0v) is 17.2. The Kier molecular flexibility index (Phi) is 5.96. The molecule has 1 aliphatic heterocycles. The fourth-order valence-electron chi connectivity index (χ4n) is 3.79. The number of carbonyl (C=O) groups excluding carboxylic acids is 1. The van der Waals surface area contributed by atoms with Crippen molar-refractivity contribution >= 4 is 5.97 Å². The number of rotatable bonds is 6. The van der Waals surface area contributed by atoms with Gasteiger partial charge in [-0.1, -0.05) is 25.5 Å². The van der Waals surface area contributed by atoms with Gasteiger partial charge in [0.05, 0.1) is 25.7 Å². The number of fused-ring (bicyclic) bond motifs is 1. The van der Waals surface area contributed by atoms with Crippen molar-refractivity contribution in [3.05, 3.63) is 69.0 Å². The molecule has 1 atom stereocenters. The molecule has 1 aromatic heterocycles. The van der Waals surface area contributed by atoms with Crippen LogP contribution in [0.4, 0.5) is 0 Å². The standard InChI is InChI=1S/C22H26N2O5/c1-5-8-14-12-16-18(21(25)24(14)6-2)17(13-9-7-10-15(11-13)27-3)19(20(23)29-16)22(26)28-4/h7,9-12,17H,5-6,8,23H2,1-4H3. The summed E-state index contributed by atoms with van der Waals surface area (Å²) in [7, 11) is 2.83. The van der Waals surface area contributed by atoms with Gasteiger partial charge >= 0.3 is 5.97 Å². The van der Waals surface area contributed by atoms with Crippen molar-refractivity contribution in [2.75, 3.05) is 14.2 Å². The summed E-state index contributed by atoms with van der Waals surface area (Å²) in [5.74, 6) is -0.436. The summed E-state index contributed by atoms with van der Waals surface area (Å²) in [6.45, 7) is 4.48. The summed E-state index contributed by atoms with van der Waals surface area (Å²) in [6, 6.07) is 9.05. The molecule has 1 aromatic carbocycles. The van der Waals surface area contributed by atoms with Crippen LogP contribution in [0.25, 0.3) is 0 Å². The number of aromatic nitrogens is 1. The molecular formula is C22H26N2O5. The molecule has 7 heteroatoms. The summed E-state index contributed by atoms with van der Waals surface area (Å²) >= 11 is 0. The first kappa shape index (κ1) is 20.5. The van der Waals surface area contributed by atoms with Crippen LogP contribution in [0.2, 0.25) is 0 Å². The zero-order valence-electron chi connectivity index (χ0n) is 17.2. The molecule has 0 fully saturated rings. The van der Waals surface area contributed by atoms with Gasteiger partial charge in [-0.2, -0.15) is 0 Å². The van der Waals surface area contributed by atoms with Crippen LogP contribution in [-0.2, 0) is 22.5 Å². The van der Waals surface area contributed by atoms with Gasteiger partial charge in [0.1, 0.15) is 17.1 Å². The zero-order chi connectivity index (χ0) is 21.1. The monoisotopic (exact) mass is 398 g/mol. The van der Waals surface area contributed by atoms with Crippen LogP contribution in [0, 0.1) is 0 Å². The second-order valence-corrected chi connectivity index (χ2v) is 6.79. The van der Waals surface area contributed by atoms with E-state index in [1.807, 2.05) is 26.0 Å². The number of nitrogens with two attached hydrogens (primary N) is 1. The first-order chi connectivity index (χ1) is 14.0. The Morgan fingerprint density at radius 1 is 1.24 bits per heavy atom. The van der Waals surface area contributed by atoms with Crippen molar-refractivity contribution in [3.8, 4) is 11.5 Å². The van der Waals surface area contributed by atoms with E-state index in [1.165, 1.54) is 7.11 Å². The normalized spacial score (nSPS) is 15.5. The van der Waals surface area contributed by atoms with Crippen LogP contribution in [0.15, 0.2) is 46.6 Å². The molecule has 2 N–H and O–H groups in total. The van der Waals surface area contributed by atoms with Gasteiger partial charge in [-0.15, -0.1) is 0 Å². The van der Waals surface area contributed by atoms with Crippen molar-refractivity contribution in [1.82, 2.24) is 4.57 Å². The topological polar surface area (TPSA) is 92.8 Å². The van der Waals surface area contributed by atoms with E-state index in [4.69, 9.17) is 19.9 Å². The number of hydrogen-bond donors (Lipinski definition) is 1. The number of carbonyl (C=O) groups is 1. The van der Waals surface area contributed by atoms with Crippen LogP contribution >= 0.6 is 0 Å². The molecule has 1 unspecified atom stereocenters. The summed E-state index contributed by atoms with van der Waals surface area (Å²) in [4.78, 5) is 26.1. The highest BCUT2D eigenvalue weighted by molar-refractivity contribution is 5.92. The molecule has 0 radical (unpaired) electrons. The SMILES string of the molecule is CCCc1cc2c(c(=O)n1CC)C(c1cccc(OC)c1)C(C(=O)OC)=C(N)O2. The Morgan fingerprint density at radius 2 is 2.00 bits per heavy atom. The van der Waals surface area contributed by atoms with Gasteiger partial charge in [-0.25, -0.2) is 4.79 Å². The number of nitrogens with zero attached hydrogens (tertiary/aromatic N) is 1. The van der Waals surface area contributed by atoms with Crippen LogP contribution in [-0.4, -0.2) is 24.8 Å². The Labute approximate surface area is 169 Å². The van der Waals surface area contributed by atoms with Crippen LogP contribution in [0.5, 0.6) is 11.5 Å². The molecule has 154 valence electrons. The lowest BCUT2D eigenvalue weighted by atomic mass is 9.83. The maximum Gasteiger partial charge on any atom is 0.340 e. The quantitative estimate of drug-likeness (QED) is 0.752. The molecule has 0 spiro atoms. The Balaban J connectivity index is 2.33. The minimum absolute atomic E-state index is 0.0618. The smallest absolute Gasteiger partial charge is 0.340 e. The van der Waals surface area contributed by atoms with Gasteiger partial charge in [0, 0.05) is 18.3 Å². The van der Waals surface area contributed by atoms with Gasteiger partial charge in [-0.3, -0.25) is 4.79 Å². The van der Waals surface area contributed by atoms with E-state index >= 15 is 0 Å². The van der Waals surface area contributed by atoms with E-state index in [2.05, 4.69) is 0 Å². The van der Waals surface area contributed by atoms with Crippen molar-refractivity contribution in [2.45, 2.75) is 39.2 Å². The predicted octanol–water partition coefficient (Wildman–Crippen LogP) is 2.70. The average molecular weight is 398 g/mol. The highest BCUT2D eigenvalue weighted by Crippen LogP contribution is 2.42. The second kappa shape index (κ2) is 8.43. The predicted molar refractivity (Wildman–Crippen MR) is 109 cm³/mol. The number of hydrogen-bond acceptors (Lipinski definition) is 6. The summed E-state index contributed by atoms with van der Waals surface area (Å²) in [5, 5.41) is 0. The number of esters is 1. The van der Waals surface area contributed by atoms with Gasteiger partial charge in [0.2, 0.25) is 5.88 Å². The minimum atomic E-state index is -0.720. The Morgan fingerprint density at radius 3 is 2.62 bits per heavy atom. The van der Waals surface area contributed by atoms with E-state index in [-0.39, 0.29) is 17.0 Å². The van der Waals surface area contributed by atoms with E-state index in [1.54, 1.807) is 29.9 Å². The summed E-state index contributed by atoms with van der Waals surface area (Å²) in [5.41, 5.74) is 7.98. The molecule has 0 saturated heterocycles. The van der Waals surface area contributed by atoms with Crippen molar-refractivity contribution in [2.24, 2.45) is 5.73 Å².